The van der Waals surface area contributed by atoms with Gasteiger partial charge in [0, 0.05) is 28.7 Å². The molecule has 0 aliphatic carbocycles. The standard InChI is InChI=1S/C22H20BrClFNO2/c1-27-20-7-2-15(3-8-20)12-26-13-17-10-18(23)5-9-22(17)28-14-16-4-6-19(25)11-21(16)24/h2-11,26H,12-14H2,1H3. The van der Waals surface area contributed by atoms with Gasteiger partial charge in [0.2, 0.25) is 0 Å². The van der Waals surface area contributed by atoms with E-state index in [9.17, 15) is 4.39 Å². The van der Waals surface area contributed by atoms with Gasteiger partial charge in [0.25, 0.3) is 0 Å². The number of hydrogen-bond donors (Lipinski definition) is 1. The van der Waals surface area contributed by atoms with Crippen molar-refractivity contribution in [3.8, 4) is 11.5 Å². The highest BCUT2D eigenvalue weighted by molar-refractivity contribution is 9.10. The van der Waals surface area contributed by atoms with Gasteiger partial charge in [0.05, 0.1) is 12.1 Å². The van der Waals surface area contributed by atoms with E-state index in [4.69, 9.17) is 21.1 Å². The van der Waals surface area contributed by atoms with Crippen LogP contribution in [0.4, 0.5) is 4.39 Å². The molecule has 0 bridgehead atoms. The normalized spacial score (nSPS) is 10.7. The summed E-state index contributed by atoms with van der Waals surface area (Å²) in [4.78, 5) is 0. The first kappa shape index (κ1) is 20.6. The molecule has 28 heavy (non-hydrogen) atoms. The van der Waals surface area contributed by atoms with Crippen molar-refractivity contribution in [3.63, 3.8) is 0 Å². The molecule has 0 atom stereocenters. The maximum atomic E-state index is 13.2. The molecule has 0 spiro atoms. The molecule has 0 fully saturated rings. The first-order valence-electron chi connectivity index (χ1n) is 8.74. The van der Waals surface area contributed by atoms with Crippen LogP contribution < -0.4 is 14.8 Å². The smallest absolute Gasteiger partial charge is 0.124 e. The van der Waals surface area contributed by atoms with E-state index >= 15 is 0 Å². The molecule has 6 heteroatoms. The molecule has 0 heterocycles. The Bertz CT molecular complexity index is 934. The minimum Gasteiger partial charge on any atom is -0.497 e. The van der Waals surface area contributed by atoms with Crippen molar-refractivity contribution in [2.45, 2.75) is 19.7 Å². The number of methoxy groups -OCH3 is 1. The Hall–Kier alpha value is -2.08. The third-order valence-corrected chi connectivity index (χ3v) is 5.07. The molecular formula is C22H20BrClFNO2. The molecule has 0 amide bonds. The first-order chi connectivity index (χ1) is 13.5. The molecule has 3 rings (SSSR count). The van der Waals surface area contributed by atoms with Crippen molar-refractivity contribution in [3.05, 3.63) is 92.7 Å². The maximum absolute atomic E-state index is 13.2. The second kappa shape index (κ2) is 9.92. The van der Waals surface area contributed by atoms with E-state index in [0.29, 0.717) is 11.6 Å². The Morgan fingerprint density at radius 3 is 2.46 bits per heavy atom. The van der Waals surface area contributed by atoms with E-state index in [0.717, 1.165) is 39.2 Å². The van der Waals surface area contributed by atoms with Gasteiger partial charge in [-0.05, 0) is 48.0 Å². The molecule has 0 aromatic heterocycles. The monoisotopic (exact) mass is 463 g/mol. The topological polar surface area (TPSA) is 30.5 Å². The quantitative estimate of drug-likeness (QED) is 0.436. The molecular weight excluding hydrogens is 445 g/mol. The van der Waals surface area contributed by atoms with Gasteiger partial charge >= 0.3 is 0 Å². The molecule has 0 radical (unpaired) electrons. The summed E-state index contributed by atoms with van der Waals surface area (Å²) in [7, 11) is 1.65. The van der Waals surface area contributed by atoms with E-state index in [2.05, 4.69) is 21.2 Å². The van der Waals surface area contributed by atoms with Crippen LogP contribution in [0.25, 0.3) is 0 Å². The van der Waals surface area contributed by atoms with Crippen LogP contribution in [-0.4, -0.2) is 7.11 Å². The van der Waals surface area contributed by atoms with Crippen molar-refractivity contribution >= 4 is 27.5 Å². The van der Waals surface area contributed by atoms with Crippen LogP contribution in [0.5, 0.6) is 11.5 Å². The second-order valence-electron chi connectivity index (χ2n) is 6.23. The first-order valence-corrected chi connectivity index (χ1v) is 9.91. The van der Waals surface area contributed by atoms with E-state index in [1.165, 1.54) is 12.1 Å². The zero-order valence-corrected chi connectivity index (χ0v) is 17.7. The lowest BCUT2D eigenvalue weighted by Crippen LogP contribution is -2.13. The lowest BCUT2D eigenvalue weighted by Gasteiger charge is -2.14. The zero-order chi connectivity index (χ0) is 19.9. The predicted octanol–water partition coefficient (Wildman–Crippen LogP) is 6.12. The molecule has 0 aliphatic rings. The predicted molar refractivity (Wildman–Crippen MR) is 113 cm³/mol. The summed E-state index contributed by atoms with van der Waals surface area (Å²) in [6.07, 6.45) is 0. The molecule has 0 unspecified atom stereocenters. The summed E-state index contributed by atoms with van der Waals surface area (Å²) in [5.74, 6) is 1.23. The summed E-state index contributed by atoms with van der Waals surface area (Å²) in [6, 6.07) is 18.1. The fourth-order valence-electron chi connectivity index (χ4n) is 2.71. The SMILES string of the molecule is COc1ccc(CNCc2cc(Br)ccc2OCc2ccc(F)cc2Cl)cc1. The average molecular weight is 465 g/mol. The van der Waals surface area contributed by atoms with Crippen molar-refractivity contribution in [2.24, 2.45) is 0 Å². The summed E-state index contributed by atoms with van der Waals surface area (Å²) >= 11 is 9.59. The van der Waals surface area contributed by atoms with Gasteiger partial charge in [-0.1, -0.05) is 45.7 Å². The Morgan fingerprint density at radius 1 is 0.964 bits per heavy atom. The summed E-state index contributed by atoms with van der Waals surface area (Å²) in [6.45, 7) is 1.63. The highest BCUT2D eigenvalue weighted by Gasteiger charge is 2.08. The lowest BCUT2D eigenvalue weighted by molar-refractivity contribution is 0.302. The third kappa shape index (κ3) is 5.71. The summed E-state index contributed by atoms with van der Waals surface area (Å²) in [5, 5.41) is 3.78. The largest absolute Gasteiger partial charge is 0.497 e. The van der Waals surface area contributed by atoms with Gasteiger partial charge in [-0.2, -0.15) is 0 Å². The number of benzene rings is 3. The van der Waals surface area contributed by atoms with Crippen molar-refractivity contribution in [1.29, 1.82) is 0 Å². The van der Waals surface area contributed by atoms with Crippen molar-refractivity contribution in [1.82, 2.24) is 5.32 Å². The molecule has 0 saturated carbocycles. The van der Waals surface area contributed by atoms with Gasteiger partial charge in [-0.3, -0.25) is 0 Å². The average Bonchev–Trinajstić information content (AvgIpc) is 2.69. The Morgan fingerprint density at radius 2 is 1.75 bits per heavy atom. The van der Waals surface area contributed by atoms with Crippen LogP contribution in [0.1, 0.15) is 16.7 Å². The van der Waals surface area contributed by atoms with Crippen LogP contribution in [0, 0.1) is 5.82 Å². The van der Waals surface area contributed by atoms with Crippen LogP contribution in [0.15, 0.2) is 65.1 Å². The summed E-state index contributed by atoms with van der Waals surface area (Å²) in [5.41, 5.74) is 2.92. The molecule has 0 aliphatic heterocycles. The van der Waals surface area contributed by atoms with E-state index < -0.39 is 0 Å². The third-order valence-electron chi connectivity index (χ3n) is 4.22. The minimum absolute atomic E-state index is 0.270. The van der Waals surface area contributed by atoms with Gasteiger partial charge < -0.3 is 14.8 Å². The summed E-state index contributed by atoms with van der Waals surface area (Å²) < 4.78 is 25.3. The van der Waals surface area contributed by atoms with Crippen LogP contribution in [-0.2, 0) is 19.7 Å². The van der Waals surface area contributed by atoms with E-state index in [-0.39, 0.29) is 12.4 Å². The molecule has 0 saturated heterocycles. The Kier molecular flexibility index (Phi) is 7.31. The maximum Gasteiger partial charge on any atom is 0.124 e. The molecule has 3 nitrogen and oxygen atoms in total. The van der Waals surface area contributed by atoms with Crippen LogP contribution >= 0.6 is 27.5 Å². The number of rotatable bonds is 8. The Labute approximate surface area is 177 Å². The molecule has 3 aromatic rings. The van der Waals surface area contributed by atoms with Crippen LogP contribution in [0.3, 0.4) is 0 Å². The molecule has 1 N–H and O–H groups in total. The highest BCUT2D eigenvalue weighted by Crippen LogP contribution is 2.26. The minimum atomic E-state index is -0.360. The number of hydrogen-bond acceptors (Lipinski definition) is 3. The number of halogens is 3. The van der Waals surface area contributed by atoms with Gasteiger partial charge in [-0.15, -0.1) is 0 Å². The van der Waals surface area contributed by atoms with Gasteiger partial charge in [0.1, 0.15) is 23.9 Å². The number of nitrogens with one attached hydrogen (secondary N) is 1. The number of ether oxygens (including phenoxy) is 2. The zero-order valence-electron chi connectivity index (χ0n) is 15.3. The molecule has 146 valence electrons. The lowest BCUT2D eigenvalue weighted by atomic mass is 10.1. The van der Waals surface area contributed by atoms with Crippen LogP contribution in [0.2, 0.25) is 5.02 Å². The van der Waals surface area contributed by atoms with Gasteiger partial charge in [0.15, 0.2) is 0 Å². The highest BCUT2D eigenvalue weighted by atomic mass is 79.9. The molecule has 3 aromatic carbocycles. The van der Waals surface area contributed by atoms with Crippen molar-refractivity contribution in [2.75, 3.05) is 7.11 Å². The van der Waals surface area contributed by atoms with E-state index in [1.54, 1.807) is 13.2 Å². The fraction of sp³-hybridized carbons (Fsp3) is 0.182. The van der Waals surface area contributed by atoms with E-state index in [1.807, 2.05) is 42.5 Å². The van der Waals surface area contributed by atoms with Gasteiger partial charge in [-0.25, -0.2) is 4.39 Å². The van der Waals surface area contributed by atoms with Crippen molar-refractivity contribution < 1.29 is 13.9 Å². The Balaban J connectivity index is 1.62. The second-order valence-corrected chi connectivity index (χ2v) is 7.55. The fourth-order valence-corrected chi connectivity index (χ4v) is 3.34.